The molecule has 2 aromatic carbocycles. The van der Waals surface area contributed by atoms with E-state index in [1.54, 1.807) is 24.3 Å². The third-order valence-electron chi connectivity index (χ3n) is 2.63. The minimum atomic E-state index is -0.443. The fraction of sp³-hybridized carbons (Fsp3) is 0.0714. The maximum Gasteiger partial charge on any atom is 0.233 e. The highest BCUT2D eigenvalue weighted by atomic mass is 19.1. The number of fused-ring (bicyclic) bond motifs is 1. The van der Waals surface area contributed by atoms with Gasteiger partial charge < -0.3 is 14.3 Å². The molecule has 0 unspecified atom stereocenters. The average Bonchev–Trinajstić information content (AvgIpc) is 2.82. The first-order valence-electron chi connectivity index (χ1n) is 5.69. The number of para-hydroxylation sites is 2. The summed E-state index contributed by atoms with van der Waals surface area (Å²) in [5, 5.41) is 9.59. The molecule has 1 aromatic heterocycles. The van der Waals surface area contributed by atoms with Gasteiger partial charge in [-0.3, -0.25) is 0 Å². The largest absolute Gasteiger partial charge is 0.506 e. The van der Waals surface area contributed by atoms with Crippen molar-refractivity contribution >= 4 is 11.1 Å². The van der Waals surface area contributed by atoms with Crippen molar-refractivity contribution < 1.29 is 18.7 Å². The summed E-state index contributed by atoms with van der Waals surface area (Å²) >= 11 is 0. The number of hydrogen-bond acceptors (Lipinski definition) is 4. The van der Waals surface area contributed by atoms with E-state index in [1.165, 1.54) is 18.2 Å². The van der Waals surface area contributed by atoms with Gasteiger partial charge in [0.1, 0.15) is 5.75 Å². The van der Waals surface area contributed by atoms with Gasteiger partial charge >= 0.3 is 0 Å². The molecular formula is C14H10FNO3. The third-order valence-corrected chi connectivity index (χ3v) is 2.63. The summed E-state index contributed by atoms with van der Waals surface area (Å²) in [6, 6.07) is 11.0. The maximum atomic E-state index is 13.3. The molecular weight excluding hydrogens is 249 g/mol. The van der Waals surface area contributed by atoms with E-state index < -0.39 is 5.82 Å². The van der Waals surface area contributed by atoms with Gasteiger partial charge in [0.05, 0.1) is 0 Å². The van der Waals surface area contributed by atoms with E-state index in [9.17, 15) is 9.50 Å². The van der Waals surface area contributed by atoms with Gasteiger partial charge in [-0.1, -0.05) is 18.2 Å². The average molecular weight is 259 g/mol. The van der Waals surface area contributed by atoms with Crippen LogP contribution in [-0.4, -0.2) is 10.1 Å². The Morgan fingerprint density at radius 2 is 2.00 bits per heavy atom. The predicted molar refractivity (Wildman–Crippen MR) is 66.4 cm³/mol. The highest BCUT2D eigenvalue weighted by molar-refractivity contribution is 5.79. The molecule has 3 aromatic rings. The lowest BCUT2D eigenvalue weighted by molar-refractivity contribution is 0.255. The minimum Gasteiger partial charge on any atom is -0.506 e. The number of halogens is 1. The number of phenols is 1. The number of benzene rings is 2. The summed E-state index contributed by atoms with van der Waals surface area (Å²) in [6.07, 6.45) is 0. The fourth-order valence-electron chi connectivity index (χ4n) is 1.74. The molecule has 0 fully saturated rings. The standard InChI is InChI=1S/C14H10FNO3/c15-9-4-1-2-6-11(9)18-8-13-16-14-10(17)5-3-7-12(14)19-13/h1-7,17H,8H2. The first kappa shape index (κ1) is 11.5. The first-order valence-corrected chi connectivity index (χ1v) is 5.69. The van der Waals surface area contributed by atoms with Crippen LogP contribution < -0.4 is 4.74 Å². The number of nitrogens with zero attached hydrogens (tertiary/aromatic N) is 1. The quantitative estimate of drug-likeness (QED) is 0.784. The lowest BCUT2D eigenvalue weighted by atomic mass is 10.3. The van der Waals surface area contributed by atoms with Gasteiger partial charge in [0.2, 0.25) is 5.89 Å². The Bertz CT molecular complexity index is 724. The van der Waals surface area contributed by atoms with Crippen LogP contribution in [-0.2, 0) is 6.61 Å². The molecule has 0 aliphatic rings. The zero-order valence-electron chi connectivity index (χ0n) is 9.84. The second kappa shape index (κ2) is 4.61. The van der Waals surface area contributed by atoms with Crippen molar-refractivity contribution in [3.63, 3.8) is 0 Å². The summed E-state index contributed by atoms with van der Waals surface area (Å²) in [5.41, 5.74) is 0.835. The van der Waals surface area contributed by atoms with Gasteiger partial charge in [0.15, 0.2) is 29.3 Å². The number of phenolic OH excluding ortho intramolecular Hbond substituents is 1. The molecule has 0 radical (unpaired) electrons. The summed E-state index contributed by atoms with van der Waals surface area (Å²) in [6.45, 7) is -0.00491. The Morgan fingerprint density at radius 3 is 2.79 bits per heavy atom. The smallest absolute Gasteiger partial charge is 0.233 e. The Morgan fingerprint density at radius 1 is 1.16 bits per heavy atom. The number of oxazole rings is 1. The molecule has 0 aliphatic carbocycles. The van der Waals surface area contributed by atoms with E-state index in [4.69, 9.17) is 9.15 Å². The molecule has 3 rings (SSSR count). The van der Waals surface area contributed by atoms with Gasteiger partial charge in [-0.2, -0.15) is 0 Å². The number of ether oxygens (including phenoxy) is 1. The van der Waals surface area contributed by atoms with Crippen LogP contribution in [0.3, 0.4) is 0 Å². The molecule has 96 valence electrons. The van der Waals surface area contributed by atoms with Crippen LogP contribution in [0.4, 0.5) is 4.39 Å². The molecule has 0 atom stereocenters. The van der Waals surface area contributed by atoms with Crippen molar-refractivity contribution in [2.45, 2.75) is 6.61 Å². The zero-order valence-corrected chi connectivity index (χ0v) is 9.84. The summed E-state index contributed by atoms with van der Waals surface area (Å²) in [4.78, 5) is 4.09. The topological polar surface area (TPSA) is 55.5 Å². The van der Waals surface area contributed by atoms with Gasteiger partial charge in [-0.05, 0) is 24.3 Å². The molecule has 0 bridgehead atoms. The third kappa shape index (κ3) is 2.22. The molecule has 0 saturated heterocycles. The molecule has 4 nitrogen and oxygen atoms in total. The van der Waals surface area contributed by atoms with Gasteiger partial charge in [-0.15, -0.1) is 0 Å². The molecule has 5 heteroatoms. The van der Waals surface area contributed by atoms with Crippen LogP contribution >= 0.6 is 0 Å². The van der Waals surface area contributed by atoms with Crippen LogP contribution in [0.15, 0.2) is 46.9 Å². The van der Waals surface area contributed by atoms with Crippen molar-refractivity contribution in [2.24, 2.45) is 0 Å². The second-order valence-corrected chi connectivity index (χ2v) is 3.95. The maximum absolute atomic E-state index is 13.3. The van der Waals surface area contributed by atoms with Gasteiger partial charge in [0, 0.05) is 0 Å². The van der Waals surface area contributed by atoms with Crippen LogP contribution in [0.2, 0.25) is 0 Å². The molecule has 0 amide bonds. The van der Waals surface area contributed by atoms with Gasteiger partial charge in [0.25, 0.3) is 0 Å². The van der Waals surface area contributed by atoms with Crippen LogP contribution in [0.25, 0.3) is 11.1 Å². The highest BCUT2D eigenvalue weighted by Crippen LogP contribution is 2.25. The zero-order chi connectivity index (χ0) is 13.2. The second-order valence-electron chi connectivity index (χ2n) is 3.95. The summed E-state index contributed by atoms with van der Waals surface area (Å²) in [5.74, 6) is 0.00795. The van der Waals surface area contributed by atoms with Crippen molar-refractivity contribution in [1.82, 2.24) is 4.98 Å². The number of hydrogen-bond donors (Lipinski definition) is 1. The number of rotatable bonds is 3. The Kier molecular flexibility index (Phi) is 2.79. The summed E-state index contributed by atoms with van der Waals surface area (Å²) in [7, 11) is 0. The number of aromatic nitrogens is 1. The highest BCUT2D eigenvalue weighted by Gasteiger charge is 2.10. The van der Waals surface area contributed by atoms with Crippen LogP contribution in [0, 0.1) is 5.82 Å². The Labute approximate surface area is 108 Å². The molecule has 0 aliphatic heterocycles. The molecule has 19 heavy (non-hydrogen) atoms. The lowest BCUT2D eigenvalue weighted by Gasteiger charge is -2.03. The molecule has 1 heterocycles. The van der Waals surface area contributed by atoms with Crippen molar-refractivity contribution in [2.75, 3.05) is 0 Å². The molecule has 0 saturated carbocycles. The Balaban J connectivity index is 1.83. The predicted octanol–water partition coefficient (Wildman–Crippen LogP) is 3.25. The normalized spacial score (nSPS) is 10.8. The fourth-order valence-corrected chi connectivity index (χ4v) is 1.74. The van der Waals surface area contributed by atoms with E-state index >= 15 is 0 Å². The monoisotopic (exact) mass is 259 g/mol. The van der Waals surface area contributed by atoms with Crippen molar-refractivity contribution in [3.8, 4) is 11.5 Å². The first-order chi connectivity index (χ1) is 9.24. The van der Waals surface area contributed by atoms with E-state index in [1.807, 2.05) is 0 Å². The summed E-state index contributed by atoms with van der Waals surface area (Å²) < 4.78 is 24.0. The molecule has 0 spiro atoms. The Hall–Kier alpha value is -2.56. The minimum absolute atomic E-state index is 0.00491. The van der Waals surface area contributed by atoms with E-state index in [0.29, 0.717) is 11.1 Å². The van der Waals surface area contributed by atoms with Gasteiger partial charge in [-0.25, -0.2) is 9.37 Å². The van der Waals surface area contributed by atoms with Crippen molar-refractivity contribution in [1.29, 1.82) is 0 Å². The van der Waals surface area contributed by atoms with E-state index in [-0.39, 0.29) is 24.0 Å². The van der Waals surface area contributed by atoms with E-state index in [0.717, 1.165) is 0 Å². The van der Waals surface area contributed by atoms with Crippen molar-refractivity contribution in [3.05, 3.63) is 54.2 Å². The lowest BCUT2D eigenvalue weighted by Crippen LogP contribution is -1.97. The number of aromatic hydroxyl groups is 1. The SMILES string of the molecule is Oc1cccc2oc(COc3ccccc3F)nc12. The molecule has 1 N–H and O–H groups in total. The van der Waals surface area contributed by atoms with Crippen LogP contribution in [0.5, 0.6) is 11.5 Å². The van der Waals surface area contributed by atoms with Crippen LogP contribution in [0.1, 0.15) is 5.89 Å². The van der Waals surface area contributed by atoms with E-state index in [2.05, 4.69) is 4.98 Å².